The maximum absolute atomic E-state index is 12.7. The van der Waals surface area contributed by atoms with Gasteiger partial charge in [0.2, 0.25) is 0 Å². The molecule has 0 N–H and O–H groups in total. The van der Waals surface area contributed by atoms with Gasteiger partial charge < -0.3 is 4.74 Å². The third-order valence-corrected chi connectivity index (χ3v) is 5.54. The van der Waals surface area contributed by atoms with Crippen LogP contribution in [0.2, 0.25) is 0 Å². The highest BCUT2D eigenvalue weighted by Gasteiger charge is 2.19. The van der Waals surface area contributed by atoms with Crippen molar-refractivity contribution in [2.75, 3.05) is 12.4 Å². The molecule has 1 aliphatic rings. The minimum atomic E-state index is 0.216. The molecule has 0 unspecified atom stereocenters. The molecule has 0 atom stereocenters. The number of ketones is 1. The summed E-state index contributed by atoms with van der Waals surface area (Å²) in [5, 5.41) is 0.670. The summed E-state index contributed by atoms with van der Waals surface area (Å²) in [5.74, 6) is 1.59. The fourth-order valence-electron chi connectivity index (χ4n) is 3.06. The lowest BCUT2D eigenvalue weighted by Crippen LogP contribution is -2.14. The first kappa shape index (κ1) is 17.4. The standard InChI is InChI=1S/C19H28O2S/c1-4-10-21-19-15(3)11-14(2)12-17(19)18(20)13-22-16-8-6-5-7-9-16/h11-12,16H,4-10,13H2,1-3H3. The fraction of sp³-hybridized carbons (Fsp3) is 0.632. The van der Waals surface area contributed by atoms with E-state index in [1.165, 1.54) is 32.1 Å². The molecule has 1 aromatic rings. The van der Waals surface area contributed by atoms with Crippen molar-refractivity contribution in [3.63, 3.8) is 0 Å². The third kappa shape index (κ3) is 4.77. The largest absolute Gasteiger partial charge is 0.493 e. The summed E-state index contributed by atoms with van der Waals surface area (Å²) in [4.78, 5) is 12.7. The van der Waals surface area contributed by atoms with Crippen molar-refractivity contribution in [2.45, 2.75) is 64.5 Å². The highest BCUT2D eigenvalue weighted by atomic mass is 32.2. The number of rotatable bonds is 7. The molecule has 122 valence electrons. The van der Waals surface area contributed by atoms with Gasteiger partial charge in [-0.1, -0.05) is 32.3 Å². The van der Waals surface area contributed by atoms with Crippen LogP contribution in [0.1, 0.15) is 66.9 Å². The monoisotopic (exact) mass is 320 g/mol. The van der Waals surface area contributed by atoms with Crippen LogP contribution < -0.4 is 4.74 Å². The average Bonchev–Trinajstić information content (AvgIpc) is 2.52. The van der Waals surface area contributed by atoms with Crippen LogP contribution in [0.15, 0.2) is 12.1 Å². The lowest BCUT2D eigenvalue weighted by atomic mass is 10.0. The van der Waals surface area contributed by atoms with E-state index in [1.807, 2.05) is 31.7 Å². The van der Waals surface area contributed by atoms with Gasteiger partial charge in [0.15, 0.2) is 5.78 Å². The molecule has 1 fully saturated rings. The first-order chi connectivity index (χ1) is 10.6. The fourth-order valence-corrected chi connectivity index (χ4v) is 4.27. The minimum absolute atomic E-state index is 0.216. The van der Waals surface area contributed by atoms with Gasteiger partial charge in [-0.25, -0.2) is 0 Å². The molecular weight excluding hydrogens is 292 g/mol. The Morgan fingerprint density at radius 2 is 1.95 bits per heavy atom. The van der Waals surface area contributed by atoms with Gasteiger partial charge in [-0.2, -0.15) is 11.8 Å². The van der Waals surface area contributed by atoms with Crippen molar-refractivity contribution in [3.8, 4) is 5.75 Å². The lowest BCUT2D eigenvalue weighted by Gasteiger charge is -2.21. The van der Waals surface area contributed by atoms with Crippen LogP contribution in [0.4, 0.5) is 0 Å². The predicted molar refractivity (Wildman–Crippen MR) is 95.4 cm³/mol. The van der Waals surface area contributed by atoms with Crippen molar-refractivity contribution in [1.29, 1.82) is 0 Å². The maximum atomic E-state index is 12.7. The van der Waals surface area contributed by atoms with Crippen molar-refractivity contribution in [2.24, 2.45) is 0 Å². The quantitative estimate of drug-likeness (QED) is 0.634. The van der Waals surface area contributed by atoms with Crippen LogP contribution in [0.25, 0.3) is 0 Å². The molecule has 0 aromatic heterocycles. The Kier molecular flexibility index (Phi) is 6.81. The molecule has 0 radical (unpaired) electrons. The molecule has 1 aliphatic carbocycles. The normalized spacial score (nSPS) is 15.8. The van der Waals surface area contributed by atoms with Gasteiger partial charge in [0.1, 0.15) is 5.75 Å². The van der Waals surface area contributed by atoms with Gasteiger partial charge in [-0.3, -0.25) is 4.79 Å². The van der Waals surface area contributed by atoms with Crippen molar-refractivity contribution >= 4 is 17.5 Å². The van der Waals surface area contributed by atoms with Crippen molar-refractivity contribution in [1.82, 2.24) is 0 Å². The van der Waals surface area contributed by atoms with Crippen LogP contribution >= 0.6 is 11.8 Å². The second-order valence-electron chi connectivity index (χ2n) is 6.30. The summed E-state index contributed by atoms with van der Waals surface area (Å²) in [6, 6.07) is 4.08. The summed E-state index contributed by atoms with van der Waals surface area (Å²) in [7, 11) is 0. The van der Waals surface area contributed by atoms with E-state index in [-0.39, 0.29) is 5.78 Å². The van der Waals surface area contributed by atoms with E-state index >= 15 is 0 Å². The highest BCUT2D eigenvalue weighted by molar-refractivity contribution is 8.00. The van der Waals surface area contributed by atoms with E-state index in [0.717, 1.165) is 28.9 Å². The molecular formula is C19H28O2S. The van der Waals surface area contributed by atoms with Gasteiger partial charge >= 0.3 is 0 Å². The smallest absolute Gasteiger partial charge is 0.176 e. The molecule has 2 nitrogen and oxygen atoms in total. The molecule has 1 saturated carbocycles. The van der Waals surface area contributed by atoms with E-state index in [0.29, 0.717) is 17.6 Å². The molecule has 0 saturated heterocycles. The number of hydrogen-bond donors (Lipinski definition) is 0. The number of Topliss-reactive ketones (excluding diaryl/α,β-unsaturated/α-hetero) is 1. The van der Waals surface area contributed by atoms with E-state index in [4.69, 9.17) is 4.74 Å². The Labute approximate surface area is 139 Å². The Hall–Kier alpha value is -0.960. The molecule has 3 heteroatoms. The van der Waals surface area contributed by atoms with Gasteiger partial charge in [-0.15, -0.1) is 0 Å². The van der Waals surface area contributed by atoms with Gasteiger partial charge in [0.25, 0.3) is 0 Å². The van der Waals surface area contributed by atoms with Gasteiger partial charge in [-0.05, 0) is 50.3 Å². The lowest BCUT2D eigenvalue weighted by molar-refractivity contribution is 0.101. The van der Waals surface area contributed by atoms with E-state index in [2.05, 4.69) is 13.0 Å². The Balaban J connectivity index is 2.06. The maximum Gasteiger partial charge on any atom is 0.176 e. The summed E-state index contributed by atoms with van der Waals surface area (Å²) >= 11 is 1.84. The second-order valence-corrected chi connectivity index (χ2v) is 7.59. The van der Waals surface area contributed by atoms with E-state index in [1.54, 1.807) is 0 Å². The summed E-state index contributed by atoms with van der Waals surface area (Å²) in [5.41, 5.74) is 2.97. The Morgan fingerprint density at radius 3 is 2.64 bits per heavy atom. The number of carbonyl (C=O) groups excluding carboxylic acids is 1. The molecule has 0 amide bonds. The van der Waals surface area contributed by atoms with Crippen LogP contribution in [-0.4, -0.2) is 23.4 Å². The van der Waals surface area contributed by atoms with Gasteiger partial charge in [0, 0.05) is 5.25 Å². The zero-order valence-electron chi connectivity index (χ0n) is 14.1. The predicted octanol–water partition coefficient (Wildman–Crippen LogP) is 5.34. The van der Waals surface area contributed by atoms with Crippen molar-refractivity contribution in [3.05, 3.63) is 28.8 Å². The number of aryl methyl sites for hydroxylation is 2. The topological polar surface area (TPSA) is 26.3 Å². The zero-order chi connectivity index (χ0) is 15.9. The summed E-state index contributed by atoms with van der Waals surface area (Å²) < 4.78 is 5.85. The number of thioether (sulfide) groups is 1. The molecule has 0 heterocycles. The molecule has 1 aromatic carbocycles. The van der Waals surface area contributed by atoms with Gasteiger partial charge in [0.05, 0.1) is 17.9 Å². The molecule has 2 rings (SSSR count). The zero-order valence-corrected chi connectivity index (χ0v) is 14.9. The van der Waals surface area contributed by atoms with E-state index in [9.17, 15) is 4.79 Å². The highest BCUT2D eigenvalue weighted by Crippen LogP contribution is 2.31. The van der Waals surface area contributed by atoms with E-state index < -0.39 is 0 Å². The van der Waals surface area contributed by atoms with Crippen LogP contribution in [-0.2, 0) is 0 Å². The second kappa shape index (κ2) is 8.61. The van der Waals surface area contributed by atoms with Crippen molar-refractivity contribution < 1.29 is 9.53 Å². The molecule has 22 heavy (non-hydrogen) atoms. The Morgan fingerprint density at radius 1 is 1.23 bits per heavy atom. The molecule has 0 bridgehead atoms. The number of benzene rings is 1. The SMILES string of the molecule is CCCOc1c(C)cc(C)cc1C(=O)CSC1CCCCC1. The van der Waals surface area contributed by atoms with Crippen LogP contribution in [0.5, 0.6) is 5.75 Å². The first-order valence-corrected chi connectivity index (χ1v) is 9.55. The summed E-state index contributed by atoms with van der Waals surface area (Å²) in [6.07, 6.45) is 7.49. The van der Waals surface area contributed by atoms with Crippen LogP contribution in [0, 0.1) is 13.8 Å². The molecule has 0 aliphatic heterocycles. The number of ether oxygens (including phenoxy) is 1. The molecule has 0 spiro atoms. The summed E-state index contributed by atoms with van der Waals surface area (Å²) in [6.45, 7) is 6.83. The number of hydrogen-bond acceptors (Lipinski definition) is 3. The number of carbonyl (C=O) groups is 1. The van der Waals surface area contributed by atoms with Crippen LogP contribution in [0.3, 0.4) is 0 Å². The first-order valence-electron chi connectivity index (χ1n) is 8.50. The average molecular weight is 320 g/mol. The minimum Gasteiger partial charge on any atom is -0.493 e. The third-order valence-electron chi connectivity index (χ3n) is 4.17. The Bertz CT molecular complexity index is 504.